The minimum Gasteiger partial charge on any atom is -0.492 e. The second-order valence-electron chi connectivity index (χ2n) is 5.21. The number of nitrogens with one attached hydrogen (secondary N) is 1. The summed E-state index contributed by atoms with van der Waals surface area (Å²) in [4.78, 5) is -0.0411. The van der Waals surface area contributed by atoms with Crippen molar-refractivity contribution in [3.8, 4) is 5.75 Å². The van der Waals surface area contributed by atoms with Gasteiger partial charge in [-0.2, -0.15) is 0 Å². The summed E-state index contributed by atoms with van der Waals surface area (Å²) < 4.78 is 32.4. The van der Waals surface area contributed by atoms with Crippen LogP contribution in [0, 0.1) is 0 Å². The number of hydrogen-bond donors (Lipinski definition) is 1. The van der Waals surface area contributed by atoms with E-state index in [-0.39, 0.29) is 23.1 Å². The van der Waals surface area contributed by atoms with Gasteiger partial charge in [-0.05, 0) is 42.3 Å². The lowest BCUT2D eigenvalue weighted by Crippen LogP contribution is -2.28. The monoisotopic (exact) mass is 387 g/mol. The van der Waals surface area contributed by atoms with E-state index in [0.29, 0.717) is 10.8 Å². The van der Waals surface area contributed by atoms with Gasteiger partial charge in [0, 0.05) is 11.6 Å². The molecule has 0 heterocycles. The van der Waals surface area contributed by atoms with Gasteiger partial charge in [0.2, 0.25) is 10.0 Å². The zero-order valence-electron chi connectivity index (χ0n) is 13.3. The quantitative estimate of drug-likeness (QED) is 0.686. The summed E-state index contributed by atoms with van der Waals surface area (Å²) in [6.45, 7) is 2.47. The number of halogens is 2. The van der Waals surface area contributed by atoms with Gasteiger partial charge in [-0.1, -0.05) is 48.7 Å². The highest BCUT2D eigenvalue weighted by Gasteiger charge is 2.17. The molecule has 24 heavy (non-hydrogen) atoms. The van der Waals surface area contributed by atoms with Crippen molar-refractivity contribution in [1.82, 2.24) is 4.72 Å². The van der Waals surface area contributed by atoms with E-state index >= 15 is 0 Å². The molecule has 0 saturated heterocycles. The summed E-state index contributed by atoms with van der Waals surface area (Å²) in [6.07, 6.45) is 2.12. The molecule has 0 aliphatic carbocycles. The van der Waals surface area contributed by atoms with Gasteiger partial charge in [0.25, 0.3) is 0 Å². The molecule has 0 saturated carbocycles. The fourth-order valence-corrected chi connectivity index (χ4v) is 3.92. The molecule has 0 aliphatic rings. The van der Waals surface area contributed by atoms with Gasteiger partial charge < -0.3 is 4.74 Å². The highest BCUT2D eigenvalue weighted by molar-refractivity contribution is 7.89. The molecule has 0 aliphatic heterocycles. The molecule has 130 valence electrons. The van der Waals surface area contributed by atoms with Crippen molar-refractivity contribution < 1.29 is 13.2 Å². The third-order valence-corrected chi connectivity index (χ3v) is 5.49. The molecule has 2 aromatic carbocycles. The van der Waals surface area contributed by atoms with Gasteiger partial charge in [0.1, 0.15) is 17.3 Å². The Labute approximate surface area is 152 Å². The average Bonchev–Trinajstić information content (AvgIpc) is 2.55. The fourth-order valence-electron chi connectivity index (χ4n) is 2.15. The van der Waals surface area contributed by atoms with Crippen molar-refractivity contribution in [2.24, 2.45) is 0 Å². The molecule has 0 unspecified atom stereocenters. The average molecular weight is 388 g/mol. The van der Waals surface area contributed by atoms with Crippen LogP contribution in [0.5, 0.6) is 5.75 Å². The Balaban J connectivity index is 1.88. The first-order valence-corrected chi connectivity index (χ1v) is 9.83. The molecule has 0 bridgehead atoms. The van der Waals surface area contributed by atoms with E-state index in [1.165, 1.54) is 23.8 Å². The Morgan fingerprint density at radius 1 is 1.08 bits per heavy atom. The number of sulfonamides is 1. The third kappa shape index (κ3) is 5.38. The molecule has 2 aromatic rings. The van der Waals surface area contributed by atoms with Crippen LogP contribution in [0.25, 0.3) is 0 Å². The summed E-state index contributed by atoms with van der Waals surface area (Å²) in [6, 6.07) is 12.1. The van der Waals surface area contributed by atoms with Crippen LogP contribution in [0.15, 0.2) is 47.4 Å². The number of hydrogen-bond acceptors (Lipinski definition) is 3. The number of rotatable bonds is 8. The third-order valence-electron chi connectivity index (χ3n) is 3.31. The lowest BCUT2D eigenvalue weighted by atomic mass is 10.1. The van der Waals surface area contributed by atoms with Crippen molar-refractivity contribution >= 4 is 33.2 Å². The van der Waals surface area contributed by atoms with Crippen LogP contribution in [0.3, 0.4) is 0 Å². The van der Waals surface area contributed by atoms with E-state index in [9.17, 15) is 8.42 Å². The molecule has 0 fully saturated rings. The Hall–Kier alpha value is -1.27. The zero-order valence-corrected chi connectivity index (χ0v) is 15.6. The molecule has 0 aromatic heterocycles. The molecular formula is C17H19Cl2NO3S. The second kappa shape index (κ2) is 8.72. The predicted octanol–water partition coefficient (Wildman–Crippen LogP) is 4.30. The van der Waals surface area contributed by atoms with Crippen LogP contribution in [0.2, 0.25) is 10.0 Å². The van der Waals surface area contributed by atoms with Crippen LogP contribution >= 0.6 is 23.2 Å². The van der Waals surface area contributed by atoms with E-state index in [0.717, 1.165) is 12.8 Å². The molecule has 0 amide bonds. The van der Waals surface area contributed by atoms with Crippen LogP contribution in [0.4, 0.5) is 0 Å². The maximum atomic E-state index is 12.2. The highest BCUT2D eigenvalue weighted by Crippen LogP contribution is 2.24. The molecule has 1 N–H and O–H groups in total. The largest absolute Gasteiger partial charge is 0.492 e. The second-order valence-corrected chi connectivity index (χ2v) is 7.79. The van der Waals surface area contributed by atoms with Gasteiger partial charge >= 0.3 is 0 Å². The van der Waals surface area contributed by atoms with Crippen LogP contribution in [0.1, 0.15) is 18.9 Å². The van der Waals surface area contributed by atoms with E-state index in [1.54, 1.807) is 0 Å². The zero-order chi connectivity index (χ0) is 17.6. The molecular weight excluding hydrogens is 369 g/mol. The standard InChI is InChI=1S/C17H19Cl2NO3S/c1-2-3-13-4-7-15(8-5-13)23-11-10-20-24(21,22)17-12-14(18)6-9-16(17)19/h4-9,12,20H,2-3,10-11H2,1H3. The van der Waals surface area contributed by atoms with Gasteiger partial charge in [-0.3, -0.25) is 0 Å². The first-order chi connectivity index (χ1) is 11.4. The summed E-state index contributed by atoms with van der Waals surface area (Å²) in [5.74, 6) is 0.704. The van der Waals surface area contributed by atoms with Crippen molar-refractivity contribution in [3.63, 3.8) is 0 Å². The lowest BCUT2D eigenvalue weighted by Gasteiger charge is -2.10. The van der Waals surface area contributed by atoms with Crippen LogP contribution in [-0.2, 0) is 16.4 Å². The molecule has 0 spiro atoms. The van der Waals surface area contributed by atoms with E-state index in [2.05, 4.69) is 11.6 Å². The van der Waals surface area contributed by atoms with E-state index < -0.39 is 10.0 Å². The number of benzene rings is 2. The summed E-state index contributed by atoms with van der Waals surface area (Å²) in [5, 5.41) is 0.433. The Morgan fingerprint density at radius 3 is 2.46 bits per heavy atom. The van der Waals surface area contributed by atoms with E-state index in [4.69, 9.17) is 27.9 Å². The molecule has 4 nitrogen and oxygen atoms in total. The molecule has 0 atom stereocenters. The minimum absolute atomic E-state index is 0.0411. The Kier molecular flexibility index (Phi) is 6.92. The van der Waals surface area contributed by atoms with Crippen molar-refractivity contribution in [2.75, 3.05) is 13.2 Å². The Bertz CT molecular complexity index is 777. The first-order valence-electron chi connectivity index (χ1n) is 7.59. The van der Waals surface area contributed by atoms with Crippen molar-refractivity contribution in [3.05, 3.63) is 58.1 Å². The normalized spacial score (nSPS) is 11.5. The predicted molar refractivity (Wildman–Crippen MR) is 97.6 cm³/mol. The van der Waals surface area contributed by atoms with Gasteiger partial charge in [-0.15, -0.1) is 0 Å². The van der Waals surface area contributed by atoms with Crippen molar-refractivity contribution in [2.45, 2.75) is 24.7 Å². The summed E-state index contributed by atoms with van der Waals surface area (Å²) in [5.41, 5.74) is 1.25. The summed E-state index contributed by atoms with van der Waals surface area (Å²) in [7, 11) is -3.73. The Morgan fingerprint density at radius 2 is 1.79 bits per heavy atom. The topological polar surface area (TPSA) is 55.4 Å². The number of ether oxygens (including phenoxy) is 1. The first kappa shape index (κ1) is 19.1. The molecule has 0 radical (unpaired) electrons. The minimum atomic E-state index is -3.73. The smallest absolute Gasteiger partial charge is 0.242 e. The SMILES string of the molecule is CCCc1ccc(OCCNS(=O)(=O)c2cc(Cl)ccc2Cl)cc1. The lowest BCUT2D eigenvalue weighted by molar-refractivity contribution is 0.322. The molecule has 7 heteroatoms. The highest BCUT2D eigenvalue weighted by atomic mass is 35.5. The number of aryl methyl sites for hydroxylation is 1. The maximum absolute atomic E-state index is 12.2. The maximum Gasteiger partial charge on any atom is 0.242 e. The summed E-state index contributed by atoms with van der Waals surface area (Å²) >= 11 is 11.7. The fraction of sp³-hybridized carbons (Fsp3) is 0.294. The van der Waals surface area contributed by atoms with Gasteiger partial charge in [0.05, 0.1) is 5.02 Å². The van der Waals surface area contributed by atoms with Gasteiger partial charge in [0.15, 0.2) is 0 Å². The van der Waals surface area contributed by atoms with Crippen molar-refractivity contribution in [1.29, 1.82) is 0 Å². The molecule has 2 rings (SSSR count). The van der Waals surface area contributed by atoms with E-state index in [1.807, 2.05) is 24.3 Å². The van der Waals surface area contributed by atoms with Gasteiger partial charge in [-0.25, -0.2) is 13.1 Å². The van der Waals surface area contributed by atoms with Crippen LogP contribution < -0.4 is 9.46 Å². The van der Waals surface area contributed by atoms with Crippen LogP contribution in [-0.4, -0.2) is 21.6 Å².